The molecule has 0 radical (unpaired) electrons. The molecule has 0 spiro atoms. The van der Waals surface area contributed by atoms with Crippen LogP contribution in [0.1, 0.15) is 42.6 Å². The molecule has 4 N–H and O–H groups in total. The number of aryl methyl sites for hydroxylation is 1. The van der Waals surface area contributed by atoms with Crippen molar-refractivity contribution in [1.82, 2.24) is 9.88 Å². The molecule has 2 heterocycles. The molecule has 1 aliphatic rings. The molecule has 13 nitrogen and oxygen atoms in total. The van der Waals surface area contributed by atoms with Gasteiger partial charge in [0, 0.05) is 37.5 Å². The Bertz CT molecular complexity index is 1170. The molecule has 1 aromatic carbocycles. The number of carboxylic acid groups (broad SMARTS) is 3. The SMILES string of the molecule is COc1ccc(CN(Cc2cccc(C)n2)CC2CCCO2)c(OC)c1OC.O=C(O)CC(O)(CC(=O)O)C(=O)O. The standard InChI is InChI=1S/C22H30N2O4.C6H8O7/c1-16-7-5-8-18(23-16)14-24(15-19-9-6-12-28-19)13-17-10-11-20(25-2)22(27-4)21(17)26-3;7-3(8)1-6(13,5(11)12)2-4(9)10/h5,7-8,10-11,19H,6,9,12-15H2,1-4H3;13H,1-2H2,(H,7,8)(H,9,10)(H,11,12). The first-order valence-electron chi connectivity index (χ1n) is 12.9. The lowest BCUT2D eigenvalue weighted by Gasteiger charge is -2.26. The van der Waals surface area contributed by atoms with Crippen LogP contribution in [0.2, 0.25) is 0 Å². The lowest BCUT2D eigenvalue weighted by Crippen LogP contribution is -2.42. The number of carboxylic acids is 3. The summed E-state index contributed by atoms with van der Waals surface area (Å²) < 4.78 is 22.5. The molecule has 1 aromatic heterocycles. The minimum Gasteiger partial charge on any atom is -0.493 e. The largest absolute Gasteiger partial charge is 0.493 e. The van der Waals surface area contributed by atoms with Gasteiger partial charge in [-0.05, 0) is 38.0 Å². The lowest BCUT2D eigenvalue weighted by molar-refractivity contribution is -0.170. The molecule has 1 fully saturated rings. The maximum absolute atomic E-state index is 10.3. The third-order valence-corrected chi connectivity index (χ3v) is 6.28. The fourth-order valence-corrected chi connectivity index (χ4v) is 4.42. The summed E-state index contributed by atoms with van der Waals surface area (Å²) in [4.78, 5) is 37.5. The van der Waals surface area contributed by atoms with Crippen molar-refractivity contribution in [2.75, 3.05) is 34.5 Å². The van der Waals surface area contributed by atoms with E-state index in [1.54, 1.807) is 21.3 Å². The highest BCUT2D eigenvalue weighted by atomic mass is 16.5. The minimum absolute atomic E-state index is 0.260. The van der Waals surface area contributed by atoms with Crippen molar-refractivity contribution in [3.05, 3.63) is 47.3 Å². The van der Waals surface area contributed by atoms with Crippen LogP contribution in [0.25, 0.3) is 0 Å². The second-order valence-electron chi connectivity index (χ2n) is 9.55. The summed E-state index contributed by atoms with van der Waals surface area (Å²) in [5.74, 6) is -3.03. The summed E-state index contributed by atoms with van der Waals surface area (Å²) in [5, 5.41) is 33.8. The summed E-state index contributed by atoms with van der Waals surface area (Å²) in [6.45, 7) is 5.18. The Morgan fingerprint density at radius 3 is 2.12 bits per heavy atom. The number of nitrogens with zero attached hydrogens (tertiary/aromatic N) is 2. The van der Waals surface area contributed by atoms with Gasteiger partial charge in [-0.15, -0.1) is 0 Å². The second-order valence-corrected chi connectivity index (χ2v) is 9.55. The van der Waals surface area contributed by atoms with Crippen LogP contribution in [0.3, 0.4) is 0 Å². The molecule has 0 bridgehead atoms. The number of aromatic nitrogens is 1. The van der Waals surface area contributed by atoms with Crippen molar-refractivity contribution < 1.29 is 53.8 Å². The first kappa shape index (κ1) is 33.3. The number of pyridine rings is 1. The normalized spacial score (nSPS) is 14.6. The van der Waals surface area contributed by atoms with Crippen molar-refractivity contribution in [2.45, 2.75) is 57.4 Å². The monoisotopic (exact) mass is 578 g/mol. The molecule has 0 aliphatic carbocycles. The fraction of sp³-hybridized carbons (Fsp3) is 0.500. The van der Waals surface area contributed by atoms with Crippen molar-refractivity contribution in [1.29, 1.82) is 0 Å². The summed E-state index contributed by atoms with van der Waals surface area (Å²) in [6, 6.07) is 10.1. The molecule has 3 rings (SSSR count). The first-order chi connectivity index (χ1) is 19.4. The molecule has 2 aromatic rings. The molecule has 1 unspecified atom stereocenters. The number of hydrogen-bond donors (Lipinski definition) is 4. The van der Waals surface area contributed by atoms with Crippen LogP contribution >= 0.6 is 0 Å². The number of carbonyl (C=O) groups is 3. The smallest absolute Gasteiger partial charge is 0.336 e. The van der Waals surface area contributed by atoms with Gasteiger partial charge in [0.1, 0.15) is 0 Å². The zero-order valence-electron chi connectivity index (χ0n) is 23.7. The molecule has 1 aliphatic heterocycles. The van der Waals surface area contributed by atoms with Crippen LogP contribution in [0.4, 0.5) is 0 Å². The van der Waals surface area contributed by atoms with E-state index in [-0.39, 0.29) is 6.10 Å². The average Bonchev–Trinajstić information content (AvgIpc) is 3.40. The Balaban J connectivity index is 0.000000383. The topological polar surface area (TPSA) is 185 Å². The van der Waals surface area contributed by atoms with Crippen LogP contribution < -0.4 is 14.2 Å². The molecular weight excluding hydrogens is 540 g/mol. The maximum atomic E-state index is 10.3. The first-order valence-corrected chi connectivity index (χ1v) is 12.9. The summed E-state index contributed by atoms with van der Waals surface area (Å²) >= 11 is 0. The molecule has 41 heavy (non-hydrogen) atoms. The zero-order valence-corrected chi connectivity index (χ0v) is 23.7. The van der Waals surface area contributed by atoms with E-state index in [1.807, 2.05) is 25.1 Å². The number of hydrogen-bond acceptors (Lipinski definition) is 10. The van der Waals surface area contributed by atoms with E-state index in [0.717, 1.165) is 49.5 Å². The number of methoxy groups -OCH3 is 3. The Hall–Kier alpha value is -3.94. The number of benzene rings is 1. The highest BCUT2D eigenvalue weighted by Gasteiger charge is 2.40. The Kier molecular flexibility index (Phi) is 12.8. The molecule has 0 saturated carbocycles. The van der Waals surface area contributed by atoms with Gasteiger partial charge in [0.25, 0.3) is 0 Å². The van der Waals surface area contributed by atoms with Gasteiger partial charge < -0.3 is 39.4 Å². The van der Waals surface area contributed by atoms with Crippen molar-refractivity contribution >= 4 is 17.9 Å². The maximum Gasteiger partial charge on any atom is 0.336 e. The van der Waals surface area contributed by atoms with E-state index in [0.29, 0.717) is 23.8 Å². The van der Waals surface area contributed by atoms with E-state index in [2.05, 4.69) is 22.0 Å². The fourth-order valence-electron chi connectivity index (χ4n) is 4.42. The van der Waals surface area contributed by atoms with Gasteiger partial charge in [-0.25, -0.2) is 4.79 Å². The van der Waals surface area contributed by atoms with E-state index in [4.69, 9.17) is 39.4 Å². The van der Waals surface area contributed by atoms with Crippen LogP contribution in [0, 0.1) is 6.92 Å². The van der Waals surface area contributed by atoms with Crippen molar-refractivity contribution in [2.24, 2.45) is 0 Å². The number of rotatable bonds is 14. The molecule has 13 heteroatoms. The summed E-state index contributed by atoms with van der Waals surface area (Å²) in [5.41, 5.74) is 0.388. The third-order valence-electron chi connectivity index (χ3n) is 6.28. The second kappa shape index (κ2) is 15.7. The average molecular weight is 579 g/mol. The van der Waals surface area contributed by atoms with E-state index < -0.39 is 36.4 Å². The predicted octanol–water partition coefficient (Wildman–Crippen LogP) is 2.35. The molecule has 226 valence electrons. The van der Waals surface area contributed by atoms with Crippen molar-refractivity contribution in [3.63, 3.8) is 0 Å². The zero-order chi connectivity index (χ0) is 30.6. The van der Waals surface area contributed by atoms with Gasteiger partial charge >= 0.3 is 17.9 Å². The predicted molar refractivity (Wildman–Crippen MR) is 145 cm³/mol. The van der Waals surface area contributed by atoms with Crippen LogP contribution in [0.15, 0.2) is 30.3 Å². The van der Waals surface area contributed by atoms with Crippen LogP contribution in [-0.2, 0) is 32.2 Å². The van der Waals surface area contributed by atoms with Crippen molar-refractivity contribution in [3.8, 4) is 17.2 Å². The number of ether oxygens (including phenoxy) is 4. The quantitative estimate of drug-likeness (QED) is 0.256. The highest BCUT2D eigenvalue weighted by Crippen LogP contribution is 2.40. The van der Waals surface area contributed by atoms with Crippen LogP contribution in [-0.4, -0.2) is 94.4 Å². The lowest BCUT2D eigenvalue weighted by atomic mass is 9.96. The third kappa shape index (κ3) is 10.2. The number of aliphatic hydroxyl groups is 1. The number of aliphatic carboxylic acids is 3. The van der Waals surface area contributed by atoms with Gasteiger partial charge in [-0.1, -0.05) is 12.1 Å². The van der Waals surface area contributed by atoms with Gasteiger partial charge in [0.2, 0.25) is 5.75 Å². The van der Waals surface area contributed by atoms with Gasteiger partial charge in [0.05, 0.1) is 46.0 Å². The Morgan fingerprint density at radius 2 is 1.63 bits per heavy atom. The Morgan fingerprint density at radius 1 is 0.976 bits per heavy atom. The van der Waals surface area contributed by atoms with Crippen LogP contribution in [0.5, 0.6) is 17.2 Å². The molecular formula is C28H38N2O11. The van der Waals surface area contributed by atoms with Gasteiger partial charge in [-0.3, -0.25) is 19.5 Å². The van der Waals surface area contributed by atoms with Gasteiger partial charge in [-0.2, -0.15) is 0 Å². The molecule has 0 amide bonds. The minimum atomic E-state index is -2.74. The molecule has 1 saturated heterocycles. The van der Waals surface area contributed by atoms with Gasteiger partial charge in [0.15, 0.2) is 17.1 Å². The van der Waals surface area contributed by atoms with E-state index in [1.165, 1.54) is 0 Å². The molecule has 1 atom stereocenters. The highest BCUT2D eigenvalue weighted by molar-refractivity contribution is 5.88. The summed E-state index contributed by atoms with van der Waals surface area (Å²) in [7, 11) is 4.92. The Labute approximate surface area is 238 Å². The summed E-state index contributed by atoms with van der Waals surface area (Å²) in [6.07, 6.45) is 0.196. The van der Waals surface area contributed by atoms with E-state index >= 15 is 0 Å². The van der Waals surface area contributed by atoms with E-state index in [9.17, 15) is 14.4 Å².